The Labute approximate surface area is 183 Å². The number of rotatable bonds is 9. The molecular weight excluding hydrogens is 420 g/mol. The lowest BCUT2D eigenvalue weighted by Crippen LogP contribution is -2.32. The molecule has 1 fully saturated rings. The highest BCUT2D eigenvalue weighted by Gasteiger charge is 2.28. The predicted octanol–water partition coefficient (Wildman–Crippen LogP) is 3.28. The summed E-state index contributed by atoms with van der Waals surface area (Å²) in [7, 11) is -0.607. The maximum atomic E-state index is 12.9. The van der Waals surface area contributed by atoms with Gasteiger partial charge in [0, 0.05) is 19.2 Å². The molecule has 0 spiro atoms. The van der Waals surface area contributed by atoms with E-state index < -0.39 is 22.0 Å². The van der Waals surface area contributed by atoms with Crippen molar-refractivity contribution in [2.45, 2.75) is 37.2 Å². The van der Waals surface area contributed by atoms with Gasteiger partial charge in [-0.05, 0) is 49.6 Å². The number of benzene rings is 2. The molecule has 0 unspecified atom stereocenters. The molecule has 2 aromatic carbocycles. The Morgan fingerprint density at radius 2 is 1.77 bits per heavy atom. The van der Waals surface area contributed by atoms with Crippen molar-refractivity contribution in [1.82, 2.24) is 4.31 Å². The van der Waals surface area contributed by atoms with Crippen LogP contribution in [-0.4, -0.2) is 52.0 Å². The molecule has 168 valence electrons. The summed E-state index contributed by atoms with van der Waals surface area (Å²) in [5.74, 6) is 1.08. The van der Waals surface area contributed by atoms with E-state index in [-0.39, 0.29) is 10.6 Å². The molecule has 0 radical (unpaired) electrons. The van der Waals surface area contributed by atoms with Crippen molar-refractivity contribution in [3.8, 4) is 17.2 Å². The highest BCUT2D eigenvalue weighted by atomic mass is 32.2. The molecule has 1 atom stereocenters. The molecule has 1 aliphatic heterocycles. The average Bonchev–Trinajstić information content (AvgIpc) is 3.33. The lowest BCUT2D eigenvalue weighted by molar-refractivity contribution is -0.122. The van der Waals surface area contributed by atoms with Crippen LogP contribution in [0.15, 0.2) is 47.4 Å². The number of sulfonamides is 1. The van der Waals surface area contributed by atoms with E-state index in [2.05, 4.69) is 5.32 Å². The van der Waals surface area contributed by atoms with Gasteiger partial charge in [0.05, 0.1) is 24.8 Å². The first-order chi connectivity index (χ1) is 14.9. The van der Waals surface area contributed by atoms with Gasteiger partial charge < -0.3 is 19.5 Å². The van der Waals surface area contributed by atoms with Crippen LogP contribution in [0.1, 0.15) is 26.2 Å². The first-order valence-electron chi connectivity index (χ1n) is 10.2. The molecular formula is C22H28N2O6S. The van der Waals surface area contributed by atoms with Gasteiger partial charge in [0.25, 0.3) is 5.91 Å². The summed E-state index contributed by atoms with van der Waals surface area (Å²) in [5.41, 5.74) is 0.278. The van der Waals surface area contributed by atoms with Crippen LogP contribution < -0.4 is 19.5 Å². The number of carbonyl (C=O) groups excluding carboxylic acids is 1. The van der Waals surface area contributed by atoms with Crippen molar-refractivity contribution >= 4 is 21.6 Å². The van der Waals surface area contributed by atoms with Crippen molar-refractivity contribution < 1.29 is 27.4 Å². The third-order valence-electron chi connectivity index (χ3n) is 5.11. The lowest BCUT2D eigenvalue weighted by Gasteiger charge is -2.20. The minimum absolute atomic E-state index is 0.118. The van der Waals surface area contributed by atoms with E-state index in [1.54, 1.807) is 37.4 Å². The summed E-state index contributed by atoms with van der Waals surface area (Å²) in [6, 6.07) is 11.5. The van der Waals surface area contributed by atoms with E-state index in [1.165, 1.54) is 23.5 Å². The van der Waals surface area contributed by atoms with Gasteiger partial charge in [-0.1, -0.05) is 13.0 Å². The zero-order chi connectivity index (χ0) is 22.4. The zero-order valence-electron chi connectivity index (χ0n) is 18.0. The number of amides is 1. The van der Waals surface area contributed by atoms with Crippen molar-refractivity contribution in [2.24, 2.45) is 0 Å². The number of nitrogens with one attached hydrogen (secondary N) is 1. The lowest BCUT2D eigenvalue weighted by atomic mass is 10.2. The van der Waals surface area contributed by atoms with E-state index in [9.17, 15) is 13.2 Å². The quantitative estimate of drug-likeness (QED) is 0.633. The molecule has 9 heteroatoms. The number of ether oxygens (including phenoxy) is 3. The summed E-state index contributed by atoms with van der Waals surface area (Å²) in [6.07, 6.45) is 1.32. The molecule has 31 heavy (non-hydrogen) atoms. The zero-order valence-corrected chi connectivity index (χ0v) is 18.8. The fraction of sp³-hybridized carbons (Fsp3) is 0.409. The minimum Gasteiger partial charge on any atom is -0.497 e. The second kappa shape index (κ2) is 10.0. The van der Waals surface area contributed by atoms with Crippen LogP contribution in [0.25, 0.3) is 0 Å². The van der Waals surface area contributed by atoms with Crippen LogP contribution in [0.5, 0.6) is 17.2 Å². The second-order valence-electron chi connectivity index (χ2n) is 7.16. The van der Waals surface area contributed by atoms with E-state index in [0.717, 1.165) is 12.8 Å². The highest BCUT2D eigenvalue weighted by molar-refractivity contribution is 7.89. The van der Waals surface area contributed by atoms with Crippen LogP contribution in [0.4, 0.5) is 5.69 Å². The van der Waals surface area contributed by atoms with Gasteiger partial charge in [0.1, 0.15) is 17.2 Å². The fourth-order valence-electron chi connectivity index (χ4n) is 3.40. The molecule has 8 nitrogen and oxygen atoms in total. The number of methoxy groups -OCH3 is 2. The Bertz CT molecular complexity index is 1020. The standard InChI is InChI=1S/C22H28N2O6S/c1-4-20(30-17-9-7-8-16(14-17)28-2)22(25)23-19-15-18(10-11-21(19)29-3)31(26,27)24-12-5-6-13-24/h7-11,14-15,20H,4-6,12-13H2,1-3H3,(H,23,25)/t20-/m0/s1. The van der Waals surface area contributed by atoms with Crippen molar-refractivity contribution in [1.29, 1.82) is 0 Å². The van der Waals surface area contributed by atoms with Crippen molar-refractivity contribution in [2.75, 3.05) is 32.6 Å². The Hall–Kier alpha value is -2.78. The molecule has 2 aromatic rings. The van der Waals surface area contributed by atoms with E-state index in [4.69, 9.17) is 14.2 Å². The van der Waals surface area contributed by atoms with E-state index >= 15 is 0 Å². The fourth-order valence-corrected chi connectivity index (χ4v) is 4.94. The largest absolute Gasteiger partial charge is 0.497 e. The molecule has 1 heterocycles. The summed E-state index contributed by atoms with van der Waals surface area (Å²) in [6.45, 7) is 2.83. The van der Waals surface area contributed by atoms with Crippen LogP contribution in [0.2, 0.25) is 0 Å². The molecule has 1 saturated heterocycles. The predicted molar refractivity (Wildman–Crippen MR) is 117 cm³/mol. The Balaban J connectivity index is 1.81. The van der Waals surface area contributed by atoms with Crippen molar-refractivity contribution in [3.63, 3.8) is 0 Å². The second-order valence-corrected chi connectivity index (χ2v) is 9.09. The van der Waals surface area contributed by atoms with E-state index in [0.29, 0.717) is 36.8 Å². The summed E-state index contributed by atoms with van der Waals surface area (Å²) in [4.78, 5) is 13.0. The normalized spacial score (nSPS) is 15.3. The SMILES string of the molecule is CC[C@H](Oc1cccc(OC)c1)C(=O)Nc1cc(S(=O)(=O)N2CCCC2)ccc1OC. The number of nitrogens with zero attached hydrogens (tertiary/aromatic N) is 1. The molecule has 0 saturated carbocycles. The van der Waals surface area contributed by atoms with Gasteiger partial charge in [-0.25, -0.2) is 8.42 Å². The van der Waals surface area contributed by atoms with Gasteiger partial charge in [-0.15, -0.1) is 0 Å². The molecule has 0 aliphatic carbocycles. The smallest absolute Gasteiger partial charge is 0.265 e. The van der Waals surface area contributed by atoms with Gasteiger partial charge >= 0.3 is 0 Å². The molecule has 0 aromatic heterocycles. The monoisotopic (exact) mass is 448 g/mol. The summed E-state index contributed by atoms with van der Waals surface area (Å²) < 4.78 is 43.6. The highest BCUT2D eigenvalue weighted by Crippen LogP contribution is 2.30. The van der Waals surface area contributed by atoms with Crippen LogP contribution in [0.3, 0.4) is 0 Å². The van der Waals surface area contributed by atoms with Gasteiger partial charge in [-0.2, -0.15) is 4.31 Å². The van der Waals surface area contributed by atoms with Gasteiger partial charge in [-0.3, -0.25) is 4.79 Å². The Morgan fingerprint density at radius 1 is 1.06 bits per heavy atom. The first kappa shape index (κ1) is 22.9. The Kier molecular flexibility index (Phi) is 7.40. The number of carbonyl (C=O) groups is 1. The molecule has 3 rings (SSSR count). The van der Waals surface area contributed by atoms with E-state index in [1.807, 2.05) is 6.92 Å². The topological polar surface area (TPSA) is 94.2 Å². The number of anilines is 1. The number of hydrogen-bond donors (Lipinski definition) is 1. The third kappa shape index (κ3) is 5.29. The molecule has 1 amide bonds. The first-order valence-corrected chi connectivity index (χ1v) is 11.6. The maximum absolute atomic E-state index is 12.9. The number of hydrogen-bond acceptors (Lipinski definition) is 6. The summed E-state index contributed by atoms with van der Waals surface area (Å²) >= 11 is 0. The minimum atomic E-state index is -3.62. The van der Waals surface area contributed by atoms with Crippen LogP contribution in [-0.2, 0) is 14.8 Å². The average molecular weight is 449 g/mol. The van der Waals surface area contributed by atoms with Gasteiger partial charge in [0.15, 0.2) is 6.10 Å². The maximum Gasteiger partial charge on any atom is 0.265 e. The third-order valence-corrected chi connectivity index (χ3v) is 7.01. The molecule has 0 bridgehead atoms. The molecule has 1 N–H and O–H groups in total. The van der Waals surface area contributed by atoms with Crippen LogP contribution in [0, 0.1) is 0 Å². The molecule has 1 aliphatic rings. The van der Waals surface area contributed by atoms with Crippen molar-refractivity contribution in [3.05, 3.63) is 42.5 Å². The van der Waals surface area contributed by atoms with Gasteiger partial charge in [0.2, 0.25) is 10.0 Å². The van der Waals surface area contributed by atoms with Crippen LogP contribution >= 0.6 is 0 Å². The summed E-state index contributed by atoms with van der Waals surface area (Å²) in [5, 5.41) is 2.76. The Morgan fingerprint density at radius 3 is 2.42 bits per heavy atom.